The summed E-state index contributed by atoms with van der Waals surface area (Å²) in [5, 5.41) is 9.98. The number of benzene rings is 2. The van der Waals surface area contributed by atoms with Gasteiger partial charge in [0, 0.05) is 22.7 Å². The highest BCUT2D eigenvalue weighted by Crippen LogP contribution is 2.30. The second-order valence-corrected chi connectivity index (χ2v) is 8.22. The Kier molecular flexibility index (Phi) is 7.21. The summed E-state index contributed by atoms with van der Waals surface area (Å²) in [7, 11) is 0. The standard InChI is InChI=1S/C24H25N3O2S/c1-4-29-21-12-10-20(11-13-21)27(15-5-14-25)23(28)16-22-24(26-18(3)30-22)19-8-6-17(2)7-9-19/h6-13H,4-5,15-16H2,1-3H3. The molecule has 30 heavy (non-hydrogen) atoms. The summed E-state index contributed by atoms with van der Waals surface area (Å²) in [6, 6.07) is 17.7. The van der Waals surface area contributed by atoms with Crippen molar-refractivity contribution in [2.45, 2.75) is 33.6 Å². The van der Waals surface area contributed by atoms with Gasteiger partial charge in [-0.2, -0.15) is 5.26 Å². The normalized spacial score (nSPS) is 10.5. The molecule has 0 aliphatic rings. The Bertz CT molecular complexity index is 1030. The SMILES string of the molecule is CCOc1ccc(N(CCC#N)C(=O)Cc2sc(C)nc2-c2ccc(C)cc2)cc1. The van der Waals surface area contributed by atoms with E-state index in [-0.39, 0.29) is 18.7 Å². The summed E-state index contributed by atoms with van der Waals surface area (Å²) in [5.41, 5.74) is 3.81. The van der Waals surface area contributed by atoms with Crippen molar-refractivity contribution < 1.29 is 9.53 Å². The van der Waals surface area contributed by atoms with Crippen molar-refractivity contribution in [1.29, 1.82) is 5.26 Å². The molecular weight excluding hydrogens is 394 g/mol. The molecule has 1 heterocycles. The highest BCUT2D eigenvalue weighted by molar-refractivity contribution is 7.12. The quantitative estimate of drug-likeness (QED) is 0.496. The number of carbonyl (C=O) groups excluding carboxylic acids is 1. The monoisotopic (exact) mass is 419 g/mol. The van der Waals surface area contributed by atoms with Crippen LogP contribution in [0.1, 0.15) is 28.8 Å². The zero-order valence-electron chi connectivity index (χ0n) is 17.5. The van der Waals surface area contributed by atoms with Crippen molar-refractivity contribution >= 4 is 22.9 Å². The van der Waals surface area contributed by atoms with E-state index in [4.69, 9.17) is 10.00 Å². The van der Waals surface area contributed by atoms with Crippen LogP contribution < -0.4 is 9.64 Å². The van der Waals surface area contributed by atoms with Gasteiger partial charge >= 0.3 is 0 Å². The molecule has 0 saturated carbocycles. The third-order valence-electron chi connectivity index (χ3n) is 4.65. The highest BCUT2D eigenvalue weighted by atomic mass is 32.1. The maximum absolute atomic E-state index is 13.2. The van der Waals surface area contributed by atoms with Gasteiger partial charge in [-0.1, -0.05) is 29.8 Å². The lowest BCUT2D eigenvalue weighted by Gasteiger charge is -2.22. The topological polar surface area (TPSA) is 66.2 Å². The number of nitrogens with zero attached hydrogens (tertiary/aromatic N) is 3. The first-order chi connectivity index (χ1) is 14.5. The van der Waals surface area contributed by atoms with Crippen molar-refractivity contribution in [3.05, 3.63) is 64.0 Å². The van der Waals surface area contributed by atoms with Gasteiger partial charge in [0.25, 0.3) is 0 Å². The van der Waals surface area contributed by atoms with Crippen molar-refractivity contribution in [2.75, 3.05) is 18.1 Å². The van der Waals surface area contributed by atoms with Gasteiger partial charge in [-0.3, -0.25) is 4.79 Å². The fraction of sp³-hybridized carbons (Fsp3) is 0.292. The third kappa shape index (κ3) is 5.25. The Hall–Kier alpha value is -3.17. The fourth-order valence-electron chi connectivity index (χ4n) is 3.21. The number of carbonyl (C=O) groups is 1. The van der Waals surface area contributed by atoms with Gasteiger partial charge in [-0.05, 0) is 45.0 Å². The number of rotatable bonds is 8. The Balaban J connectivity index is 1.86. The van der Waals surface area contributed by atoms with Gasteiger partial charge in [0.1, 0.15) is 5.75 Å². The van der Waals surface area contributed by atoms with E-state index in [0.717, 1.165) is 32.6 Å². The maximum Gasteiger partial charge on any atom is 0.232 e. The summed E-state index contributed by atoms with van der Waals surface area (Å²) in [6.07, 6.45) is 0.513. The number of hydrogen-bond acceptors (Lipinski definition) is 5. The molecule has 5 nitrogen and oxygen atoms in total. The molecule has 0 N–H and O–H groups in total. The molecule has 1 amide bonds. The Morgan fingerprint density at radius 2 is 1.83 bits per heavy atom. The number of anilines is 1. The molecule has 0 atom stereocenters. The van der Waals surface area contributed by atoms with Crippen LogP contribution in [0.4, 0.5) is 5.69 Å². The second kappa shape index (κ2) is 10.0. The minimum absolute atomic E-state index is 0.0496. The second-order valence-electron chi connectivity index (χ2n) is 6.93. The van der Waals surface area contributed by atoms with E-state index in [1.807, 2.05) is 57.2 Å². The molecule has 2 aromatic carbocycles. The van der Waals surface area contributed by atoms with Gasteiger partial charge in [-0.25, -0.2) is 4.98 Å². The van der Waals surface area contributed by atoms with E-state index in [2.05, 4.69) is 23.2 Å². The van der Waals surface area contributed by atoms with Crippen LogP contribution in [0.25, 0.3) is 11.3 Å². The summed E-state index contributed by atoms with van der Waals surface area (Å²) in [4.78, 5) is 20.5. The number of thiazole rings is 1. The Labute approximate surface area is 181 Å². The van der Waals surface area contributed by atoms with Crippen LogP contribution in [-0.4, -0.2) is 24.0 Å². The molecule has 0 aliphatic carbocycles. The summed E-state index contributed by atoms with van der Waals surface area (Å²) < 4.78 is 5.49. The average Bonchev–Trinajstić information content (AvgIpc) is 3.10. The fourth-order valence-corrected chi connectivity index (χ4v) is 4.16. The summed E-state index contributed by atoms with van der Waals surface area (Å²) in [6.45, 7) is 6.86. The first kappa shape index (κ1) is 21.5. The first-order valence-corrected chi connectivity index (χ1v) is 10.8. The zero-order valence-corrected chi connectivity index (χ0v) is 18.3. The minimum Gasteiger partial charge on any atom is -0.494 e. The van der Waals surface area contributed by atoms with Crippen molar-refractivity contribution in [3.63, 3.8) is 0 Å². The zero-order chi connectivity index (χ0) is 21.5. The molecule has 3 rings (SSSR count). The van der Waals surface area contributed by atoms with Gasteiger partial charge < -0.3 is 9.64 Å². The summed E-state index contributed by atoms with van der Waals surface area (Å²) in [5.74, 6) is 0.708. The van der Waals surface area contributed by atoms with Crippen molar-refractivity contribution in [3.8, 4) is 23.1 Å². The molecule has 0 radical (unpaired) electrons. The molecule has 154 valence electrons. The van der Waals surface area contributed by atoms with Crippen LogP contribution >= 0.6 is 11.3 Å². The largest absolute Gasteiger partial charge is 0.494 e. The number of aryl methyl sites for hydroxylation is 2. The molecule has 0 aliphatic heterocycles. The minimum atomic E-state index is -0.0496. The van der Waals surface area contributed by atoms with Crippen LogP contribution in [0.3, 0.4) is 0 Å². The Morgan fingerprint density at radius 1 is 1.13 bits per heavy atom. The number of amides is 1. The van der Waals surface area contributed by atoms with E-state index < -0.39 is 0 Å². The van der Waals surface area contributed by atoms with E-state index in [0.29, 0.717) is 13.2 Å². The number of ether oxygens (including phenoxy) is 1. The lowest BCUT2D eigenvalue weighted by molar-refractivity contribution is -0.117. The predicted octanol–water partition coefficient (Wildman–Crippen LogP) is 5.32. The van der Waals surface area contributed by atoms with Crippen LogP contribution in [0.2, 0.25) is 0 Å². The van der Waals surface area contributed by atoms with Gasteiger partial charge in [0.2, 0.25) is 5.91 Å². The number of aromatic nitrogens is 1. The Morgan fingerprint density at radius 3 is 2.47 bits per heavy atom. The smallest absolute Gasteiger partial charge is 0.232 e. The van der Waals surface area contributed by atoms with Crippen LogP contribution in [0, 0.1) is 25.2 Å². The van der Waals surface area contributed by atoms with Gasteiger partial charge in [-0.15, -0.1) is 11.3 Å². The van der Waals surface area contributed by atoms with E-state index in [1.165, 1.54) is 5.56 Å². The van der Waals surface area contributed by atoms with Crippen LogP contribution in [0.5, 0.6) is 5.75 Å². The molecule has 0 fully saturated rings. The predicted molar refractivity (Wildman–Crippen MR) is 121 cm³/mol. The van der Waals surface area contributed by atoms with E-state index in [1.54, 1.807) is 16.2 Å². The average molecular weight is 420 g/mol. The lowest BCUT2D eigenvalue weighted by Crippen LogP contribution is -2.33. The first-order valence-electron chi connectivity index (χ1n) is 9.95. The van der Waals surface area contributed by atoms with Crippen molar-refractivity contribution in [2.24, 2.45) is 0 Å². The summed E-state index contributed by atoms with van der Waals surface area (Å²) >= 11 is 1.54. The highest BCUT2D eigenvalue weighted by Gasteiger charge is 2.20. The van der Waals surface area contributed by atoms with E-state index >= 15 is 0 Å². The van der Waals surface area contributed by atoms with Gasteiger partial charge in [0.05, 0.1) is 36.2 Å². The van der Waals surface area contributed by atoms with Crippen LogP contribution in [0.15, 0.2) is 48.5 Å². The third-order valence-corrected chi connectivity index (χ3v) is 5.62. The van der Waals surface area contributed by atoms with Crippen molar-refractivity contribution in [1.82, 2.24) is 4.98 Å². The molecule has 0 bridgehead atoms. The molecule has 0 unspecified atom stereocenters. The van der Waals surface area contributed by atoms with E-state index in [9.17, 15) is 4.79 Å². The molecular formula is C24H25N3O2S. The van der Waals surface area contributed by atoms with Gasteiger partial charge in [0.15, 0.2) is 0 Å². The number of nitriles is 1. The number of hydrogen-bond donors (Lipinski definition) is 0. The molecule has 6 heteroatoms. The molecule has 1 aromatic heterocycles. The lowest BCUT2D eigenvalue weighted by atomic mass is 10.1. The van der Waals surface area contributed by atoms with Crippen LogP contribution in [-0.2, 0) is 11.2 Å². The molecule has 3 aromatic rings. The maximum atomic E-state index is 13.2. The molecule has 0 spiro atoms. The molecule has 0 saturated heterocycles.